The fourth-order valence-electron chi connectivity index (χ4n) is 5.23. The van der Waals surface area contributed by atoms with Crippen LogP contribution in [0.25, 0.3) is 22.2 Å². The zero-order chi connectivity index (χ0) is 30.6. The molecule has 0 saturated carbocycles. The highest BCUT2D eigenvalue weighted by Crippen LogP contribution is 2.28. The Hall–Kier alpha value is -5.12. The van der Waals surface area contributed by atoms with Crippen LogP contribution in [0.5, 0.6) is 0 Å². The van der Waals surface area contributed by atoms with Crippen LogP contribution in [-0.4, -0.2) is 52.4 Å². The molecule has 10 heteroatoms. The van der Waals surface area contributed by atoms with Gasteiger partial charge in [-0.25, -0.2) is 4.79 Å². The molecule has 43 heavy (non-hydrogen) atoms. The van der Waals surface area contributed by atoms with Gasteiger partial charge in [-0.3, -0.25) is 14.4 Å². The number of rotatable bonds is 8. The summed E-state index contributed by atoms with van der Waals surface area (Å²) < 4.78 is 5.41. The van der Waals surface area contributed by atoms with Gasteiger partial charge in [0.15, 0.2) is 0 Å². The molecule has 4 aromatic rings. The van der Waals surface area contributed by atoms with E-state index in [9.17, 15) is 19.2 Å². The molecular weight excluding hydrogens is 546 g/mol. The first-order valence-corrected chi connectivity index (χ1v) is 14.2. The predicted molar refractivity (Wildman–Crippen MR) is 165 cm³/mol. The van der Waals surface area contributed by atoms with Crippen molar-refractivity contribution in [1.82, 2.24) is 15.2 Å². The molecule has 5 rings (SSSR count). The number of H-pyrrole nitrogens is 1. The summed E-state index contributed by atoms with van der Waals surface area (Å²) in [5.74, 6) is -0.654. The van der Waals surface area contributed by atoms with Gasteiger partial charge in [-0.15, -0.1) is 0 Å². The van der Waals surface area contributed by atoms with Crippen molar-refractivity contribution in [2.24, 2.45) is 0 Å². The number of amides is 4. The van der Waals surface area contributed by atoms with Gasteiger partial charge in [0.1, 0.15) is 17.7 Å². The first-order valence-electron chi connectivity index (χ1n) is 14.2. The van der Waals surface area contributed by atoms with Crippen molar-refractivity contribution in [2.75, 3.05) is 17.2 Å². The third-order valence-electron chi connectivity index (χ3n) is 7.19. The van der Waals surface area contributed by atoms with Gasteiger partial charge in [0.05, 0.1) is 0 Å². The molecule has 2 atom stereocenters. The molecule has 1 aromatic heterocycles. The molecule has 0 aliphatic carbocycles. The van der Waals surface area contributed by atoms with Crippen LogP contribution in [0.4, 0.5) is 16.2 Å². The first kappa shape index (κ1) is 29.4. The molecule has 10 nitrogen and oxygen atoms in total. The number of carbonyl (C=O) groups is 4. The normalized spacial score (nSPS) is 15.5. The van der Waals surface area contributed by atoms with Crippen molar-refractivity contribution in [3.05, 3.63) is 84.4 Å². The lowest BCUT2D eigenvalue weighted by Gasteiger charge is -2.29. The monoisotopic (exact) mass is 581 g/mol. The van der Waals surface area contributed by atoms with Gasteiger partial charge in [-0.2, -0.15) is 0 Å². The van der Waals surface area contributed by atoms with E-state index in [0.29, 0.717) is 42.7 Å². The van der Waals surface area contributed by atoms with Crippen molar-refractivity contribution in [1.29, 1.82) is 0 Å². The van der Waals surface area contributed by atoms with Crippen LogP contribution >= 0.6 is 0 Å². The average molecular weight is 582 g/mol. The number of aromatic nitrogens is 1. The second-order valence-corrected chi connectivity index (χ2v) is 11.5. The van der Waals surface area contributed by atoms with E-state index >= 15 is 0 Å². The van der Waals surface area contributed by atoms with E-state index in [1.807, 2.05) is 54.6 Å². The summed E-state index contributed by atoms with van der Waals surface area (Å²) in [5.41, 5.74) is 3.95. The Morgan fingerprint density at radius 3 is 2.40 bits per heavy atom. The van der Waals surface area contributed by atoms with Gasteiger partial charge < -0.3 is 30.6 Å². The second-order valence-electron chi connectivity index (χ2n) is 11.5. The van der Waals surface area contributed by atoms with Gasteiger partial charge in [0.25, 0.3) is 5.91 Å². The molecule has 4 amide bonds. The van der Waals surface area contributed by atoms with Crippen molar-refractivity contribution in [3.8, 4) is 11.3 Å². The molecule has 1 aliphatic rings. The Kier molecular flexibility index (Phi) is 8.47. The zero-order valence-electron chi connectivity index (χ0n) is 24.3. The highest BCUT2D eigenvalue weighted by Gasteiger charge is 2.38. The van der Waals surface area contributed by atoms with E-state index in [1.54, 1.807) is 45.0 Å². The summed E-state index contributed by atoms with van der Waals surface area (Å²) in [7, 11) is 0. The van der Waals surface area contributed by atoms with Crippen molar-refractivity contribution in [2.45, 2.75) is 51.3 Å². The molecule has 1 saturated heterocycles. The largest absolute Gasteiger partial charge is 0.444 e. The number of aromatic amines is 1. The molecule has 1 fully saturated rings. The number of hydrogen-bond acceptors (Lipinski definition) is 5. The Morgan fingerprint density at radius 2 is 1.70 bits per heavy atom. The quantitative estimate of drug-likeness (QED) is 0.201. The number of ether oxygens (including phenoxy) is 1. The van der Waals surface area contributed by atoms with Crippen molar-refractivity contribution in [3.63, 3.8) is 0 Å². The minimum atomic E-state index is -0.995. The number of benzene rings is 3. The lowest BCUT2D eigenvalue weighted by Crippen LogP contribution is -2.49. The highest BCUT2D eigenvalue weighted by atomic mass is 16.6. The minimum absolute atomic E-state index is 0.288. The van der Waals surface area contributed by atoms with E-state index in [-0.39, 0.29) is 11.8 Å². The topological polar surface area (TPSA) is 133 Å². The van der Waals surface area contributed by atoms with Crippen LogP contribution < -0.4 is 16.0 Å². The molecule has 2 heterocycles. The second kappa shape index (κ2) is 12.4. The van der Waals surface area contributed by atoms with Gasteiger partial charge in [0.2, 0.25) is 12.3 Å². The fourth-order valence-corrected chi connectivity index (χ4v) is 5.23. The molecule has 0 unspecified atom stereocenters. The number of hydrogen-bond donors (Lipinski definition) is 4. The molecule has 0 radical (unpaired) electrons. The SMILES string of the molecule is CC(C)(C)OC(=O)N[C@@H](C(=O)N1CCC[C@H]1C(=O)Nc1ccc(-c2cc3cc(NC=O)ccc3[nH]2)cc1)c1ccccc1. The van der Waals surface area contributed by atoms with Crippen LogP contribution in [0.2, 0.25) is 0 Å². The number of anilines is 2. The molecule has 0 bridgehead atoms. The molecule has 0 spiro atoms. The van der Waals surface area contributed by atoms with Crippen LogP contribution in [0.3, 0.4) is 0 Å². The van der Waals surface area contributed by atoms with E-state index in [1.165, 1.54) is 4.90 Å². The fraction of sp³-hybridized carbons (Fsp3) is 0.273. The average Bonchev–Trinajstić information content (AvgIpc) is 3.63. The third-order valence-corrected chi connectivity index (χ3v) is 7.19. The smallest absolute Gasteiger partial charge is 0.408 e. The highest BCUT2D eigenvalue weighted by molar-refractivity contribution is 5.99. The van der Waals surface area contributed by atoms with Crippen LogP contribution in [0.1, 0.15) is 45.2 Å². The number of carbonyl (C=O) groups excluding carboxylic acids is 4. The summed E-state index contributed by atoms with van der Waals surface area (Å²) in [5, 5.41) is 9.27. The molecule has 222 valence electrons. The van der Waals surface area contributed by atoms with Gasteiger partial charge in [0, 0.05) is 34.5 Å². The maximum Gasteiger partial charge on any atom is 0.408 e. The van der Waals surface area contributed by atoms with Gasteiger partial charge in [-0.1, -0.05) is 42.5 Å². The lowest BCUT2D eigenvalue weighted by molar-refractivity contribution is -0.138. The number of fused-ring (bicyclic) bond motifs is 1. The molecule has 4 N–H and O–H groups in total. The molecule has 3 aromatic carbocycles. The predicted octanol–water partition coefficient (Wildman–Crippen LogP) is 5.60. The summed E-state index contributed by atoms with van der Waals surface area (Å²) in [4.78, 5) is 55.5. The minimum Gasteiger partial charge on any atom is -0.444 e. The van der Waals surface area contributed by atoms with Gasteiger partial charge in [-0.05, 0) is 81.1 Å². The maximum atomic E-state index is 13.8. The van der Waals surface area contributed by atoms with E-state index in [2.05, 4.69) is 20.9 Å². The number of nitrogens with zero attached hydrogens (tertiary/aromatic N) is 1. The van der Waals surface area contributed by atoms with E-state index in [4.69, 9.17) is 4.74 Å². The van der Waals surface area contributed by atoms with Crippen LogP contribution in [0.15, 0.2) is 78.9 Å². The summed E-state index contributed by atoms with van der Waals surface area (Å²) in [6, 6.07) is 22.3. The standard InChI is InChI=1S/C33H35N5O5/c1-33(2,3)43-32(42)37-29(22-8-5-4-6-9-22)31(41)38-17-7-10-28(38)30(40)35-24-13-11-21(12-14-24)27-19-23-18-25(34-20-39)15-16-26(23)36-27/h4-6,8-9,11-16,18-20,28-29,36H,7,10,17H2,1-3H3,(H,34,39)(H,35,40)(H,37,42)/t28-,29+/m0/s1. The third kappa shape index (κ3) is 7.03. The lowest BCUT2D eigenvalue weighted by atomic mass is 10.0. The van der Waals surface area contributed by atoms with Crippen LogP contribution in [0, 0.1) is 0 Å². The summed E-state index contributed by atoms with van der Waals surface area (Å²) in [6.45, 7) is 5.66. The van der Waals surface area contributed by atoms with Crippen molar-refractivity contribution < 1.29 is 23.9 Å². The maximum absolute atomic E-state index is 13.8. The Labute approximate surface area is 249 Å². The van der Waals surface area contributed by atoms with Crippen LogP contribution in [-0.2, 0) is 19.1 Å². The summed E-state index contributed by atoms with van der Waals surface area (Å²) in [6.07, 6.45) is 1.12. The zero-order valence-corrected chi connectivity index (χ0v) is 24.3. The number of likely N-dealkylation sites (tertiary alicyclic amines) is 1. The first-order chi connectivity index (χ1) is 20.6. The summed E-state index contributed by atoms with van der Waals surface area (Å²) >= 11 is 0. The number of alkyl carbamates (subject to hydrolysis) is 1. The van der Waals surface area contributed by atoms with E-state index in [0.717, 1.165) is 22.2 Å². The Morgan fingerprint density at radius 1 is 0.977 bits per heavy atom. The van der Waals surface area contributed by atoms with Gasteiger partial charge >= 0.3 is 6.09 Å². The van der Waals surface area contributed by atoms with Crippen molar-refractivity contribution >= 4 is 46.6 Å². The van der Waals surface area contributed by atoms with E-state index < -0.39 is 23.8 Å². The molecule has 1 aliphatic heterocycles. The molecular formula is C33H35N5O5. The Balaban J connectivity index is 1.28. The Bertz CT molecular complexity index is 1630. The number of nitrogens with one attached hydrogen (secondary N) is 4.